The first kappa shape index (κ1) is 60.0. The van der Waals surface area contributed by atoms with Crippen LogP contribution in [0, 0.1) is 37.9 Å². The molecule has 3 aliphatic heterocycles. The van der Waals surface area contributed by atoms with Crippen molar-refractivity contribution in [3.8, 4) is 23.3 Å². The van der Waals surface area contributed by atoms with Crippen LogP contribution in [0.15, 0.2) is 88.7 Å². The van der Waals surface area contributed by atoms with E-state index in [1.807, 2.05) is 57.3 Å². The van der Waals surface area contributed by atoms with Gasteiger partial charge in [-0.15, -0.1) is 0 Å². The lowest BCUT2D eigenvalue weighted by atomic mass is 9.87. The van der Waals surface area contributed by atoms with Crippen LogP contribution in [0.25, 0.3) is 0 Å². The molecule has 19 nitrogen and oxygen atoms in total. The van der Waals surface area contributed by atoms with Crippen molar-refractivity contribution in [2.75, 3.05) is 30.0 Å². The molecule has 0 bridgehead atoms. The fourth-order valence-electron chi connectivity index (χ4n) is 8.20. The lowest BCUT2D eigenvalue weighted by molar-refractivity contribution is -0.141. The Kier molecular flexibility index (Phi) is 18.0. The molecule has 0 spiro atoms. The van der Waals surface area contributed by atoms with Crippen LogP contribution >= 0.6 is 11.8 Å². The molecule has 8 rings (SSSR count). The Hall–Kier alpha value is -7.22. The van der Waals surface area contributed by atoms with Crippen LogP contribution in [0.2, 0.25) is 0 Å². The van der Waals surface area contributed by atoms with Crippen LogP contribution in [0.3, 0.4) is 0 Å². The zero-order chi connectivity index (χ0) is 57.9. The van der Waals surface area contributed by atoms with Crippen LogP contribution < -0.4 is 31.5 Å². The molecule has 418 valence electrons. The van der Waals surface area contributed by atoms with Crippen LogP contribution in [0.4, 0.5) is 42.6 Å². The van der Waals surface area contributed by atoms with E-state index in [1.165, 1.54) is 6.07 Å². The van der Waals surface area contributed by atoms with Crippen molar-refractivity contribution in [2.45, 2.75) is 106 Å². The van der Waals surface area contributed by atoms with Crippen molar-refractivity contribution < 1.29 is 83.8 Å². The highest BCUT2D eigenvalue weighted by molar-refractivity contribution is 8.15. The van der Waals surface area contributed by atoms with Crippen LogP contribution in [0.5, 0.6) is 17.2 Å². The second-order valence-electron chi connectivity index (χ2n) is 18.8. The Morgan fingerprint density at radius 3 is 2.26 bits per heavy atom. The summed E-state index contributed by atoms with van der Waals surface area (Å²) >= 11 is 1.04. The van der Waals surface area contributed by atoms with Crippen molar-refractivity contribution in [3.05, 3.63) is 134 Å². The number of halogens is 6. The third kappa shape index (κ3) is 13.7. The second-order valence-corrected chi connectivity index (χ2v) is 22.0. The van der Waals surface area contributed by atoms with Crippen LogP contribution in [-0.2, 0) is 43.2 Å². The summed E-state index contributed by atoms with van der Waals surface area (Å²) in [6.07, 6.45) is -7.42. The largest absolute Gasteiger partial charge is 0.507 e. The summed E-state index contributed by atoms with van der Waals surface area (Å²) in [7, 11) is -4.21. The van der Waals surface area contributed by atoms with E-state index < -0.39 is 92.5 Å². The highest BCUT2D eigenvalue weighted by atomic mass is 32.2. The summed E-state index contributed by atoms with van der Waals surface area (Å²) in [6, 6.07) is 16.2. The molecular formula is C51H52F6N6O13S2. The summed E-state index contributed by atoms with van der Waals surface area (Å²) in [5.41, 5.74) is 3.66. The molecule has 3 amide bonds. The summed E-state index contributed by atoms with van der Waals surface area (Å²) in [4.78, 5) is 49.7. The molecule has 0 aliphatic carbocycles. The molecule has 6 atom stereocenters. The number of hydrogen-bond acceptors (Lipinski definition) is 17. The number of carbonyl (C=O) groups excluding carboxylic acids is 3. The van der Waals surface area contributed by atoms with Gasteiger partial charge in [0.15, 0.2) is 21.5 Å². The molecule has 0 radical (unpaired) electrons. The van der Waals surface area contributed by atoms with Gasteiger partial charge in [-0.25, -0.2) is 17.6 Å². The first-order chi connectivity index (χ1) is 36.3. The molecule has 2 saturated heterocycles. The summed E-state index contributed by atoms with van der Waals surface area (Å²) in [5.74, 6) is -5.16. The number of hydrogen-bond donors (Lipinski definition) is 7. The maximum absolute atomic E-state index is 13.7. The van der Waals surface area contributed by atoms with E-state index in [1.54, 1.807) is 0 Å². The third-order valence-corrected chi connectivity index (χ3v) is 15.7. The van der Waals surface area contributed by atoms with Gasteiger partial charge in [0.05, 0.1) is 39.7 Å². The van der Waals surface area contributed by atoms with E-state index >= 15 is 0 Å². The third-order valence-electron chi connectivity index (χ3n) is 12.7. The number of rotatable bonds is 12. The second kappa shape index (κ2) is 23.4. The number of aliphatic hydroxyl groups is 3. The number of nitrogens with one attached hydrogen (secondary N) is 2. The van der Waals surface area contributed by atoms with Gasteiger partial charge in [0.25, 0.3) is 11.1 Å². The van der Waals surface area contributed by atoms with Gasteiger partial charge in [0, 0.05) is 17.4 Å². The van der Waals surface area contributed by atoms with E-state index in [0.717, 1.165) is 120 Å². The number of thioether (sulfide) groups is 1. The monoisotopic (exact) mass is 1130 g/mol. The maximum Gasteiger partial charge on any atom is 0.417 e. The molecule has 5 aromatic rings. The zero-order valence-electron chi connectivity index (χ0n) is 42.0. The number of aromatic nitrogens is 2. The Morgan fingerprint density at radius 1 is 1.04 bits per heavy atom. The molecule has 8 N–H and O–H groups in total. The molecule has 27 heteroatoms. The number of alkyl halides is 5. The normalized spacial score (nSPS) is 21.2. The number of amides is 3. The van der Waals surface area contributed by atoms with E-state index in [0.29, 0.717) is 29.4 Å². The predicted octanol–water partition coefficient (Wildman–Crippen LogP) is 5.97. The minimum atomic E-state index is -4.86. The number of aromatic hydroxyl groups is 1. The van der Waals surface area contributed by atoms with Gasteiger partial charge in [0.2, 0.25) is 12.1 Å². The Bertz CT molecular complexity index is 3300. The Morgan fingerprint density at radius 2 is 1.69 bits per heavy atom. The van der Waals surface area contributed by atoms with Gasteiger partial charge in [-0.05, 0) is 137 Å². The molecule has 1 aromatic heterocycles. The number of fused-ring (bicyclic) bond motifs is 1. The molecule has 0 saturated carbocycles. The summed E-state index contributed by atoms with van der Waals surface area (Å²) in [5, 5.41) is 51.2. The van der Waals surface area contributed by atoms with E-state index in [2.05, 4.69) is 10.3 Å². The number of sulfone groups is 1. The van der Waals surface area contributed by atoms with Gasteiger partial charge >= 0.3 is 17.8 Å². The Labute approximate surface area is 445 Å². The SMILES string of the molecule is CC(O)(CS(=O)(=O)c1ccc(F)cc1)C(=O)Nc1ccc(C#N)c(C(F)(F)F)c1.Cc1c(C)c2c(c(C)c1O)CCC(C)(COc1ccc(CC3SC(=O)NC3=O)cc1)O2.Nc1ccn([C@@H]2O[C@H](CO)[C@@H](O)C2(F)F)c(=O)n1. The molecule has 78 heavy (non-hydrogen) atoms. The number of phenols is 1. The lowest BCUT2D eigenvalue weighted by Gasteiger charge is -2.37. The van der Waals surface area contributed by atoms with E-state index in [4.69, 9.17) is 30.3 Å². The molecular weight excluding hydrogens is 1080 g/mol. The number of carbonyl (C=O) groups is 3. The van der Waals surface area contributed by atoms with Gasteiger partial charge in [0.1, 0.15) is 47.2 Å². The standard InChI is InChI=1S/C24H27NO5S.C18H14F4N2O4S.C9H11F2N3O4/c1-13-14(2)21-18(15(3)20(13)26)9-10-24(4,30-21)12-29-17-7-5-16(6-8-17)11-19-22(27)25-23(28)31-19;1-17(26,10-29(27,28)14-6-3-12(19)4-7-14)16(25)24-13-5-2-11(9-23)15(8-13)18(20,21)22;10-9(11)6(16)4(3-15)18-7(9)14-2-1-5(12)13-8(14)17/h5-8,19,26H,9-12H2,1-4H3,(H,25,27,28);2-8,26H,10H2,1H3,(H,24,25);1-2,4,6-7,15-16H,3H2,(H2,12,13,17)/t;;4-,6-,7-/m..1/s1. The number of benzene rings is 4. The molecule has 3 aliphatic rings. The van der Waals surface area contributed by atoms with E-state index in [9.17, 15) is 69.3 Å². The summed E-state index contributed by atoms with van der Waals surface area (Å²) < 4.78 is 122. The topological polar surface area (TPSA) is 303 Å². The first-order valence-corrected chi connectivity index (χ1v) is 25.9. The highest BCUT2D eigenvalue weighted by Crippen LogP contribution is 2.44. The first-order valence-electron chi connectivity index (χ1n) is 23.3. The minimum Gasteiger partial charge on any atom is -0.507 e. The fourth-order valence-corrected chi connectivity index (χ4v) is 10.6. The maximum atomic E-state index is 13.7. The van der Waals surface area contributed by atoms with Gasteiger partial charge in [-0.1, -0.05) is 23.9 Å². The van der Waals surface area contributed by atoms with Crippen molar-refractivity contribution in [1.82, 2.24) is 14.9 Å². The highest BCUT2D eigenvalue weighted by Gasteiger charge is 2.59. The number of phenolic OH excluding ortho intramolecular Hbond substituents is 1. The Balaban J connectivity index is 0.000000196. The number of nitrogens with zero attached hydrogens (tertiary/aromatic N) is 3. The van der Waals surface area contributed by atoms with E-state index in [-0.39, 0.29) is 32.8 Å². The number of nitrogens with two attached hydrogens (primary N) is 1. The van der Waals surface area contributed by atoms with Crippen molar-refractivity contribution >= 4 is 50.2 Å². The van der Waals surface area contributed by atoms with Gasteiger partial charge < -0.3 is 45.7 Å². The number of ether oxygens (including phenoxy) is 3. The molecule has 4 aromatic carbocycles. The van der Waals surface area contributed by atoms with Gasteiger partial charge in [-0.2, -0.15) is 32.2 Å². The quantitative estimate of drug-likeness (QED) is 0.0559. The average Bonchev–Trinajstić information content (AvgIpc) is 3.84. The lowest BCUT2D eigenvalue weighted by Crippen LogP contribution is -2.45. The fraction of sp³-hybridized carbons (Fsp3) is 0.373. The summed E-state index contributed by atoms with van der Waals surface area (Å²) in [6.45, 7) is 8.37. The molecule has 3 unspecified atom stereocenters. The smallest absolute Gasteiger partial charge is 0.417 e. The number of aliphatic hydroxyl groups excluding tert-OH is 2. The van der Waals surface area contributed by atoms with Gasteiger partial charge in [-0.3, -0.25) is 24.3 Å². The average molecular weight is 1140 g/mol. The number of nitriles is 1. The zero-order valence-corrected chi connectivity index (χ0v) is 43.7. The van der Waals surface area contributed by atoms with Crippen LogP contribution in [-0.4, -0.2) is 109 Å². The minimum absolute atomic E-state index is 0.114. The number of imide groups is 1. The number of nitrogen functional groups attached to an aromatic ring is 1. The van der Waals surface area contributed by atoms with Crippen LogP contribution in [0.1, 0.15) is 65.4 Å². The number of anilines is 2. The van der Waals surface area contributed by atoms with Crippen molar-refractivity contribution in [2.24, 2.45) is 0 Å². The predicted molar refractivity (Wildman–Crippen MR) is 269 cm³/mol. The molecule has 4 heterocycles. The van der Waals surface area contributed by atoms with Crippen molar-refractivity contribution in [3.63, 3.8) is 0 Å². The van der Waals surface area contributed by atoms with Crippen molar-refractivity contribution in [1.29, 1.82) is 5.26 Å². The molecule has 2 fully saturated rings.